The lowest BCUT2D eigenvalue weighted by atomic mass is 9.96. The van der Waals surface area contributed by atoms with Gasteiger partial charge in [-0.1, -0.05) is 18.2 Å². The molecule has 0 saturated carbocycles. The minimum absolute atomic E-state index is 0.173. The first-order chi connectivity index (χ1) is 16.9. The van der Waals surface area contributed by atoms with Crippen molar-refractivity contribution in [2.75, 3.05) is 23.9 Å². The Morgan fingerprint density at radius 1 is 0.971 bits per heavy atom. The molecule has 6 nitrogen and oxygen atoms in total. The molecule has 178 valence electrons. The van der Waals surface area contributed by atoms with Crippen LogP contribution in [0.4, 0.5) is 11.4 Å². The van der Waals surface area contributed by atoms with Crippen molar-refractivity contribution < 1.29 is 5.11 Å². The molecule has 0 bridgehead atoms. The molecule has 0 aliphatic carbocycles. The lowest BCUT2D eigenvalue weighted by molar-refractivity contribution is 0.472. The number of para-hydroxylation sites is 2. The Morgan fingerprint density at radius 2 is 1.69 bits per heavy atom. The zero-order valence-corrected chi connectivity index (χ0v) is 21.1. The Labute approximate surface area is 211 Å². The number of aryl methyl sites for hydroxylation is 1. The van der Waals surface area contributed by atoms with E-state index in [1.807, 2.05) is 55.4 Å². The molecule has 2 atom stereocenters. The van der Waals surface area contributed by atoms with Gasteiger partial charge in [0.1, 0.15) is 5.75 Å². The molecule has 3 heterocycles. The minimum atomic E-state index is -0.188. The SMILES string of the molecule is Cc1cc([C@@H]2[C@H](c3ccccn3)NC(=S)N2c2ccccc2O)c(C)n1-c1ccc(N(C)C)cc1. The summed E-state index contributed by atoms with van der Waals surface area (Å²) in [6.45, 7) is 4.26. The van der Waals surface area contributed by atoms with Crippen LogP contribution in [-0.4, -0.2) is 33.9 Å². The number of hydrogen-bond acceptors (Lipinski definition) is 4. The van der Waals surface area contributed by atoms with Gasteiger partial charge in [-0.3, -0.25) is 4.98 Å². The van der Waals surface area contributed by atoms with E-state index in [0.29, 0.717) is 10.8 Å². The van der Waals surface area contributed by atoms with Crippen molar-refractivity contribution in [2.24, 2.45) is 0 Å². The molecule has 5 rings (SSSR count). The first kappa shape index (κ1) is 22.9. The molecule has 0 unspecified atom stereocenters. The van der Waals surface area contributed by atoms with Crippen molar-refractivity contribution in [1.29, 1.82) is 0 Å². The number of phenols is 1. The summed E-state index contributed by atoms with van der Waals surface area (Å²) < 4.78 is 2.27. The third-order valence-electron chi connectivity index (χ3n) is 6.65. The molecule has 0 radical (unpaired) electrons. The maximum atomic E-state index is 10.7. The van der Waals surface area contributed by atoms with Gasteiger partial charge in [0.2, 0.25) is 0 Å². The second kappa shape index (κ2) is 9.07. The van der Waals surface area contributed by atoms with Gasteiger partial charge >= 0.3 is 0 Å². The molecular formula is C28H29N5OS. The number of nitrogens with zero attached hydrogens (tertiary/aromatic N) is 4. The Morgan fingerprint density at radius 3 is 2.34 bits per heavy atom. The van der Waals surface area contributed by atoms with Crippen molar-refractivity contribution in [2.45, 2.75) is 25.9 Å². The van der Waals surface area contributed by atoms with Crippen LogP contribution in [0.15, 0.2) is 79.0 Å². The molecule has 4 aromatic rings. The number of thiocarbonyl (C=S) groups is 1. The average Bonchev–Trinajstić information content (AvgIpc) is 3.35. The highest BCUT2D eigenvalue weighted by Gasteiger charge is 2.43. The van der Waals surface area contributed by atoms with Crippen LogP contribution in [0.3, 0.4) is 0 Å². The van der Waals surface area contributed by atoms with Crippen LogP contribution in [0.1, 0.15) is 34.7 Å². The maximum Gasteiger partial charge on any atom is 0.174 e. The zero-order valence-electron chi connectivity index (χ0n) is 20.3. The van der Waals surface area contributed by atoms with Crippen LogP contribution in [0.25, 0.3) is 5.69 Å². The second-order valence-electron chi connectivity index (χ2n) is 9.06. The topological polar surface area (TPSA) is 56.6 Å². The highest BCUT2D eigenvalue weighted by molar-refractivity contribution is 7.80. The van der Waals surface area contributed by atoms with Crippen molar-refractivity contribution in [3.05, 3.63) is 102 Å². The third-order valence-corrected chi connectivity index (χ3v) is 6.97. The number of anilines is 2. The van der Waals surface area contributed by atoms with E-state index in [0.717, 1.165) is 34.0 Å². The highest BCUT2D eigenvalue weighted by Crippen LogP contribution is 2.45. The quantitative estimate of drug-likeness (QED) is 0.369. The summed E-state index contributed by atoms with van der Waals surface area (Å²) >= 11 is 5.82. The predicted molar refractivity (Wildman–Crippen MR) is 146 cm³/mol. The van der Waals surface area contributed by atoms with Crippen LogP contribution < -0.4 is 15.1 Å². The van der Waals surface area contributed by atoms with E-state index in [-0.39, 0.29) is 17.8 Å². The number of phenolic OH excluding ortho intramolecular Hbond substituents is 1. The second-order valence-corrected chi connectivity index (χ2v) is 9.44. The number of aromatic hydroxyl groups is 1. The summed E-state index contributed by atoms with van der Waals surface area (Å²) in [7, 11) is 4.08. The molecule has 1 fully saturated rings. The summed E-state index contributed by atoms with van der Waals surface area (Å²) in [6, 6.07) is 23.7. The van der Waals surface area contributed by atoms with E-state index in [2.05, 4.69) is 63.9 Å². The van der Waals surface area contributed by atoms with Crippen LogP contribution in [0, 0.1) is 13.8 Å². The highest BCUT2D eigenvalue weighted by atomic mass is 32.1. The lowest BCUT2D eigenvalue weighted by Crippen LogP contribution is -2.29. The minimum Gasteiger partial charge on any atom is -0.506 e. The largest absolute Gasteiger partial charge is 0.506 e. The molecule has 0 spiro atoms. The van der Waals surface area contributed by atoms with E-state index < -0.39 is 0 Å². The van der Waals surface area contributed by atoms with Gasteiger partial charge in [0.05, 0.1) is 23.5 Å². The molecule has 7 heteroatoms. The van der Waals surface area contributed by atoms with Crippen LogP contribution in [0.5, 0.6) is 5.75 Å². The average molecular weight is 484 g/mol. The number of rotatable bonds is 5. The Bertz CT molecular complexity index is 1360. The molecule has 2 aromatic carbocycles. The van der Waals surface area contributed by atoms with Gasteiger partial charge in [-0.05, 0) is 86.2 Å². The van der Waals surface area contributed by atoms with Gasteiger partial charge in [-0.15, -0.1) is 0 Å². The molecule has 1 aliphatic rings. The van der Waals surface area contributed by atoms with Gasteiger partial charge in [0.25, 0.3) is 0 Å². The fraction of sp³-hybridized carbons (Fsp3) is 0.214. The Balaban J connectivity index is 1.66. The predicted octanol–water partition coefficient (Wildman–Crippen LogP) is 5.44. The van der Waals surface area contributed by atoms with E-state index >= 15 is 0 Å². The standard InChI is InChI=1S/C28H29N5OS/c1-18-17-22(19(2)32(18)21-14-12-20(13-15-21)31(3)4)27-26(23-9-7-8-16-29-23)30-28(35)33(27)24-10-5-6-11-25(24)34/h5-17,26-27,34H,1-4H3,(H,30,35)/t26-,27+/m0/s1. The number of pyridine rings is 1. The molecule has 1 aliphatic heterocycles. The van der Waals surface area contributed by atoms with E-state index in [1.54, 1.807) is 12.3 Å². The van der Waals surface area contributed by atoms with Gasteiger partial charge in [-0.2, -0.15) is 0 Å². The summed E-state index contributed by atoms with van der Waals surface area (Å²) in [5.41, 5.74) is 7.22. The molecule has 35 heavy (non-hydrogen) atoms. The first-order valence-corrected chi connectivity index (χ1v) is 12.0. The van der Waals surface area contributed by atoms with Crippen LogP contribution in [0.2, 0.25) is 0 Å². The monoisotopic (exact) mass is 483 g/mol. The number of nitrogens with one attached hydrogen (secondary N) is 1. The third kappa shape index (κ3) is 4.02. The molecule has 2 aromatic heterocycles. The number of hydrogen-bond donors (Lipinski definition) is 2. The molecule has 1 saturated heterocycles. The lowest BCUT2D eigenvalue weighted by Gasteiger charge is -2.28. The van der Waals surface area contributed by atoms with Crippen molar-refractivity contribution in [3.63, 3.8) is 0 Å². The van der Waals surface area contributed by atoms with Crippen LogP contribution in [-0.2, 0) is 0 Å². The fourth-order valence-corrected chi connectivity index (χ4v) is 5.32. The van der Waals surface area contributed by atoms with E-state index in [1.165, 1.54) is 0 Å². The summed E-state index contributed by atoms with van der Waals surface area (Å²) in [5.74, 6) is 0.191. The first-order valence-electron chi connectivity index (χ1n) is 11.6. The molecule has 0 amide bonds. The van der Waals surface area contributed by atoms with Gasteiger partial charge in [-0.25, -0.2) is 0 Å². The number of aromatic nitrogens is 2. The summed E-state index contributed by atoms with van der Waals surface area (Å²) in [6.07, 6.45) is 1.80. The van der Waals surface area contributed by atoms with Crippen molar-refractivity contribution in [1.82, 2.24) is 14.9 Å². The summed E-state index contributed by atoms with van der Waals surface area (Å²) in [4.78, 5) is 8.76. The molecular weight excluding hydrogens is 454 g/mol. The van der Waals surface area contributed by atoms with E-state index in [9.17, 15) is 5.11 Å². The normalized spacial score (nSPS) is 17.5. The number of benzene rings is 2. The van der Waals surface area contributed by atoms with Crippen molar-refractivity contribution in [3.8, 4) is 11.4 Å². The van der Waals surface area contributed by atoms with Gasteiger partial charge in [0, 0.05) is 43.1 Å². The van der Waals surface area contributed by atoms with Crippen LogP contribution >= 0.6 is 12.2 Å². The Kier molecular flexibility index (Phi) is 5.94. The maximum absolute atomic E-state index is 10.7. The zero-order chi connectivity index (χ0) is 24.7. The van der Waals surface area contributed by atoms with Gasteiger partial charge in [0.15, 0.2) is 5.11 Å². The van der Waals surface area contributed by atoms with Gasteiger partial charge < -0.3 is 24.8 Å². The van der Waals surface area contributed by atoms with E-state index in [4.69, 9.17) is 12.2 Å². The fourth-order valence-electron chi connectivity index (χ4n) is 4.98. The van der Waals surface area contributed by atoms with Crippen molar-refractivity contribution >= 4 is 28.7 Å². The smallest absolute Gasteiger partial charge is 0.174 e. The molecule has 2 N–H and O–H groups in total. The summed E-state index contributed by atoms with van der Waals surface area (Å²) in [5, 5.41) is 14.8. The Hall–Kier alpha value is -3.84.